The minimum Gasteiger partial charge on any atom is -0.478 e. The van der Waals surface area contributed by atoms with Gasteiger partial charge < -0.3 is 15.4 Å². The first-order valence-electron chi connectivity index (χ1n) is 8.02. The molecule has 120 valence electrons. The van der Waals surface area contributed by atoms with Crippen molar-refractivity contribution in [2.24, 2.45) is 0 Å². The second-order valence-corrected chi connectivity index (χ2v) is 5.95. The lowest BCUT2D eigenvalue weighted by atomic mass is 10.0. The Balaban J connectivity index is 1.93. The summed E-state index contributed by atoms with van der Waals surface area (Å²) in [6.07, 6.45) is 0.962. The molecule has 1 amide bonds. The average molecular weight is 310 g/mol. The number of hydrogen-bond donors (Lipinski definition) is 1. The number of hydrogen-bond acceptors (Lipinski definition) is 3. The maximum atomic E-state index is 12.8. The van der Waals surface area contributed by atoms with E-state index in [2.05, 4.69) is 19.9 Å². The number of amides is 1. The molecule has 2 aromatic carbocycles. The molecule has 0 radical (unpaired) electrons. The standard InChI is InChI=1S/C19H22N2O2/c1-3-10-21-16-9-8-15(20)12-17(16)23-18(19(21)22)11-14-7-5-4-6-13(14)2/h4-9,12,18H,3,10-11,20H2,1-2H3. The third kappa shape index (κ3) is 3.02. The lowest BCUT2D eigenvalue weighted by molar-refractivity contribution is -0.126. The SMILES string of the molecule is CCCN1C(=O)C(Cc2ccccc2C)Oc2cc(N)ccc21. The Kier molecular flexibility index (Phi) is 4.24. The maximum absolute atomic E-state index is 12.8. The molecule has 2 aromatic rings. The summed E-state index contributed by atoms with van der Waals surface area (Å²) < 4.78 is 5.99. The zero-order chi connectivity index (χ0) is 16.4. The van der Waals surface area contributed by atoms with Gasteiger partial charge >= 0.3 is 0 Å². The van der Waals surface area contributed by atoms with Crippen molar-refractivity contribution in [2.75, 3.05) is 17.2 Å². The molecule has 0 aliphatic carbocycles. The number of anilines is 2. The van der Waals surface area contributed by atoms with Crippen LogP contribution >= 0.6 is 0 Å². The lowest BCUT2D eigenvalue weighted by Crippen LogP contribution is -2.47. The van der Waals surface area contributed by atoms with E-state index in [-0.39, 0.29) is 5.91 Å². The summed E-state index contributed by atoms with van der Waals surface area (Å²) >= 11 is 0. The van der Waals surface area contributed by atoms with Crippen LogP contribution in [0.2, 0.25) is 0 Å². The van der Waals surface area contributed by atoms with Crippen LogP contribution < -0.4 is 15.4 Å². The highest BCUT2D eigenvalue weighted by molar-refractivity contribution is 6.00. The van der Waals surface area contributed by atoms with Crippen molar-refractivity contribution >= 4 is 17.3 Å². The zero-order valence-electron chi connectivity index (χ0n) is 13.6. The normalized spacial score (nSPS) is 16.9. The van der Waals surface area contributed by atoms with Gasteiger partial charge in [0.2, 0.25) is 0 Å². The van der Waals surface area contributed by atoms with Gasteiger partial charge in [-0.1, -0.05) is 31.2 Å². The third-order valence-corrected chi connectivity index (χ3v) is 4.20. The van der Waals surface area contributed by atoms with Gasteiger partial charge in [-0.2, -0.15) is 0 Å². The van der Waals surface area contributed by atoms with E-state index in [0.29, 0.717) is 24.4 Å². The van der Waals surface area contributed by atoms with Crippen molar-refractivity contribution in [3.63, 3.8) is 0 Å². The number of rotatable bonds is 4. The number of nitrogens with two attached hydrogens (primary N) is 1. The van der Waals surface area contributed by atoms with Gasteiger partial charge in [0.15, 0.2) is 6.10 Å². The van der Waals surface area contributed by atoms with Crippen molar-refractivity contribution in [3.05, 3.63) is 53.6 Å². The van der Waals surface area contributed by atoms with E-state index in [4.69, 9.17) is 10.5 Å². The van der Waals surface area contributed by atoms with Gasteiger partial charge in [0.05, 0.1) is 5.69 Å². The van der Waals surface area contributed by atoms with Crippen molar-refractivity contribution in [3.8, 4) is 5.75 Å². The van der Waals surface area contributed by atoms with Crippen LogP contribution in [0.5, 0.6) is 5.75 Å². The van der Waals surface area contributed by atoms with E-state index < -0.39 is 6.10 Å². The van der Waals surface area contributed by atoms with Gasteiger partial charge in [-0.15, -0.1) is 0 Å². The Bertz CT molecular complexity index is 727. The van der Waals surface area contributed by atoms with E-state index in [9.17, 15) is 4.79 Å². The minimum absolute atomic E-state index is 0.0207. The number of nitrogens with zero attached hydrogens (tertiary/aromatic N) is 1. The summed E-state index contributed by atoms with van der Waals surface area (Å²) in [6.45, 7) is 4.80. The molecule has 1 aliphatic heterocycles. The third-order valence-electron chi connectivity index (χ3n) is 4.20. The predicted molar refractivity (Wildman–Crippen MR) is 92.8 cm³/mol. The number of carbonyl (C=O) groups excluding carboxylic acids is 1. The Morgan fingerprint density at radius 1 is 1.22 bits per heavy atom. The average Bonchev–Trinajstić information content (AvgIpc) is 2.53. The molecule has 0 saturated carbocycles. The molecule has 23 heavy (non-hydrogen) atoms. The van der Waals surface area contributed by atoms with Gasteiger partial charge in [0.1, 0.15) is 5.75 Å². The van der Waals surface area contributed by atoms with Crippen LogP contribution in [-0.4, -0.2) is 18.6 Å². The number of ether oxygens (including phenoxy) is 1. The smallest absolute Gasteiger partial charge is 0.268 e. The van der Waals surface area contributed by atoms with Crippen molar-refractivity contribution in [1.29, 1.82) is 0 Å². The lowest BCUT2D eigenvalue weighted by Gasteiger charge is -2.34. The number of fused-ring (bicyclic) bond motifs is 1. The van der Waals surface area contributed by atoms with E-state index in [1.165, 1.54) is 5.56 Å². The zero-order valence-corrected chi connectivity index (χ0v) is 13.6. The van der Waals surface area contributed by atoms with Gasteiger partial charge in [-0.3, -0.25) is 4.79 Å². The summed E-state index contributed by atoms with van der Waals surface area (Å²) in [6, 6.07) is 13.6. The molecule has 4 heteroatoms. The predicted octanol–water partition coefficient (Wildman–Crippen LogP) is 3.32. The number of aryl methyl sites for hydroxylation is 1. The van der Waals surface area contributed by atoms with Crippen LogP contribution in [0.3, 0.4) is 0 Å². The molecule has 1 atom stereocenters. The second-order valence-electron chi connectivity index (χ2n) is 5.95. The summed E-state index contributed by atoms with van der Waals surface area (Å²) in [5.74, 6) is 0.712. The van der Waals surface area contributed by atoms with Gasteiger partial charge in [0.25, 0.3) is 5.91 Å². The topological polar surface area (TPSA) is 55.6 Å². The van der Waals surface area contributed by atoms with Gasteiger partial charge in [-0.25, -0.2) is 0 Å². The fourth-order valence-electron chi connectivity index (χ4n) is 2.97. The van der Waals surface area contributed by atoms with Crippen molar-refractivity contribution in [1.82, 2.24) is 0 Å². The van der Waals surface area contributed by atoms with Crippen molar-refractivity contribution in [2.45, 2.75) is 32.8 Å². The molecule has 1 aliphatic rings. The van der Waals surface area contributed by atoms with Crippen LogP contribution in [0.15, 0.2) is 42.5 Å². The number of nitrogen functional groups attached to an aromatic ring is 1. The molecule has 3 rings (SSSR count). The van der Waals surface area contributed by atoms with Crippen LogP contribution in [0.1, 0.15) is 24.5 Å². The molecule has 0 bridgehead atoms. The molecule has 1 unspecified atom stereocenters. The molecule has 4 nitrogen and oxygen atoms in total. The van der Waals surface area contributed by atoms with Crippen molar-refractivity contribution < 1.29 is 9.53 Å². The van der Waals surface area contributed by atoms with E-state index in [0.717, 1.165) is 17.7 Å². The largest absolute Gasteiger partial charge is 0.478 e. The monoisotopic (exact) mass is 310 g/mol. The molecular formula is C19H22N2O2. The summed E-state index contributed by atoms with van der Waals surface area (Å²) in [7, 11) is 0. The van der Waals surface area contributed by atoms with Crippen LogP contribution in [0, 0.1) is 6.92 Å². The summed E-state index contributed by atoms with van der Waals surface area (Å²) in [5.41, 5.74) is 9.63. The molecule has 1 heterocycles. The minimum atomic E-state index is -0.503. The fourth-order valence-corrected chi connectivity index (χ4v) is 2.97. The summed E-state index contributed by atoms with van der Waals surface area (Å²) in [5, 5.41) is 0. The van der Waals surface area contributed by atoms with E-state index in [1.54, 1.807) is 12.1 Å². The molecule has 0 spiro atoms. The highest BCUT2D eigenvalue weighted by Gasteiger charge is 2.34. The molecule has 0 fully saturated rings. The molecule has 0 saturated heterocycles. The Morgan fingerprint density at radius 3 is 2.74 bits per heavy atom. The van der Waals surface area contributed by atoms with E-state index in [1.807, 2.05) is 29.2 Å². The molecule has 0 aromatic heterocycles. The van der Waals surface area contributed by atoms with Gasteiger partial charge in [0, 0.05) is 24.7 Å². The quantitative estimate of drug-likeness (QED) is 0.881. The first-order chi connectivity index (χ1) is 11.1. The first kappa shape index (κ1) is 15.4. The summed E-state index contributed by atoms with van der Waals surface area (Å²) in [4.78, 5) is 14.7. The maximum Gasteiger partial charge on any atom is 0.268 e. The molecular weight excluding hydrogens is 288 g/mol. The van der Waals surface area contributed by atoms with Crippen LogP contribution in [0.25, 0.3) is 0 Å². The Morgan fingerprint density at radius 2 is 2.00 bits per heavy atom. The van der Waals surface area contributed by atoms with Gasteiger partial charge in [-0.05, 0) is 36.6 Å². The number of carbonyl (C=O) groups is 1. The second kappa shape index (κ2) is 6.32. The highest BCUT2D eigenvalue weighted by atomic mass is 16.5. The first-order valence-corrected chi connectivity index (χ1v) is 8.02. The fraction of sp³-hybridized carbons (Fsp3) is 0.316. The number of benzene rings is 2. The van der Waals surface area contributed by atoms with Crippen LogP contribution in [-0.2, 0) is 11.2 Å². The highest BCUT2D eigenvalue weighted by Crippen LogP contribution is 2.36. The Labute approximate surface area is 136 Å². The molecule has 2 N–H and O–H groups in total. The van der Waals surface area contributed by atoms with E-state index >= 15 is 0 Å². The Hall–Kier alpha value is -2.49. The van der Waals surface area contributed by atoms with Crippen LogP contribution in [0.4, 0.5) is 11.4 Å².